The Hall–Kier alpha value is -3.01. The van der Waals surface area contributed by atoms with E-state index in [-0.39, 0.29) is 5.69 Å². The summed E-state index contributed by atoms with van der Waals surface area (Å²) in [6.07, 6.45) is -1.07. The predicted molar refractivity (Wildman–Crippen MR) is 90.6 cm³/mol. The normalized spacial score (nSPS) is 11.0. The second-order valence-corrected chi connectivity index (χ2v) is 6.66. The van der Waals surface area contributed by atoms with Crippen LogP contribution in [0.15, 0.2) is 30.3 Å². The highest BCUT2D eigenvalue weighted by Gasteiger charge is 2.30. The Morgan fingerprint density at radius 1 is 1.08 bits per heavy atom. The van der Waals surface area contributed by atoms with Crippen LogP contribution in [0.5, 0.6) is 0 Å². The minimum atomic E-state index is -1.16. The van der Waals surface area contributed by atoms with E-state index in [9.17, 15) is 23.2 Å². The smallest absolute Gasteiger partial charge is 0.419 e. The van der Waals surface area contributed by atoms with Crippen LogP contribution in [0, 0.1) is 35.7 Å². The molecular weight excluding hydrogens is 345 g/mol. The molecule has 26 heavy (non-hydrogen) atoms. The molecule has 0 aliphatic heterocycles. The van der Waals surface area contributed by atoms with E-state index in [4.69, 9.17) is 4.74 Å². The second-order valence-electron chi connectivity index (χ2n) is 6.66. The van der Waals surface area contributed by atoms with Gasteiger partial charge in [0.1, 0.15) is 34.7 Å². The van der Waals surface area contributed by atoms with E-state index < -0.39 is 40.4 Å². The lowest BCUT2D eigenvalue weighted by atomic mass is 10.1. The molecule has 2 aromatic rings. The third kappa shape index (κ3) is 4.14. The van der Waals surface area contributed by atoms with Gasteiger partial charge in [-0.1, -0.05) is 6.07 Å². The maximum absolute atomic E-state index is 14.5. The molecule has 0 aromatic heterocycles. The first-order valence-corrected chi connectivity index (χ1v) is 7.72. The van der Waals surface area contributed by atoms with E-state index >= 15 is 0 Å². The summed E-state index contributed by atoms with van der Waals surface area (Å²) in [5.74, 6) is -2.98. The van der Waals surface area contributed by atoms with Crippen molar-refractivity contribution in [3.8, 4) is 6.07 Å². The zero-order valence-electron chi connectivity index (χ0n) is 14.7. The van der Waals surface area contributed by atoms with Crippen LogP contribution >= 0.6 is 0 Å². The zero-order valence-corrected chi connectivity index (χ0v) is 14.7. The number of benzene rings is 2. The number of halogens is 3. The van der Waals surface area contributed by atoms with Crippen LogP contribution < -0.4 is 4.90 Å². The minimum absolute atomic E-state index is 0.286. The van der Waals surface area contributed by atoms with Gasteiger partial charge < -0.3 is 4.74 Å². The van der Waals surface area contributed by atoms with E-state index in [1.54, 1.807) is 33.8 Å². The van der Waals surface area contributed by atoms with Crippen molar-refractivity contribution in [2.24, 2.45) is 0 Å². The standard InChI is InChI=1S/C19H17F3N2O2/c1-11-5-6-16(15(22)7-11)24(18(25)26-19(2,3)4)17-9-12(20)8-14(21)13(17)10-23/h5-9H,1-4H3. The molecule has 0 heterocycles. The fourth-order valence-electron chi connectivity index (χ4n) is 2.27. The highest BCUT2D eigenvalue weighted by molar-refractivity contribution is 5.97. The number of aryl methyl sites for hydroxylation is 1. The van der Waals surface area contributed by atoms with Gasteiger partial charge in [-0.15, -0.1) is 0 Å². The Labute approximate surface area is 149 Å². The van der Waals surface area contributed by atoms with Crippen molar-refractivity contribution in [3.05, 3.63) is 58.9 Å². The van der Waals surface area contributed by atoms with Crippen molar-refractivity contribution >= 4 is 17.5 Å². The van der Waals surface area contributed by atoms with Gasteiger partial charge in [-0.2, -0.15) is 5.26 Å². The number of amides is 1. The van der Waals surface area contributed by atoms with Crippen LogP contribution in [-0.4, -0.2) is 11.7 Å². The minimum Gasteiger partial charge on any atom is -0.443 e. The summed E-state index contributed by atoms with van der Waals surface area (Å²) in [5, 5.41) is 9.23. The first-order chi connectivity index (χ1) is 12.0. The van der Waals surface area contributed by atoms with E-state index in [1.807, 2.05) is 0 Å². The molecule has 0 bridgehead atoms. The number of nitrogens with zero attached hydrogens (tertiary/aromatic N) is 2. The summed E-state index contributed by atoms with van der Waals surface area (Å²) in [6.45, 7) is 6.41. The van der Waals surface area contributed by atoms with E-state index in [0.717, 1.165) is 12.1 Å². The Kier molecular flexibility index (Phi) is 5.26. The predicted octanol–water partition coefficient (Wildman–Crippen LogP) is 5.36. The fraction of sp³-hybridized carbons (Fsp3) is 0.263. The summed E-state index contributed by atoms with van der Waals surface area (Å²) < 4.78 is 47.5. The first kappa shape index (κ1) is 19.3. The van der Waals surface area contributed by atoms with Crippen LogP contribution in [-0.2, 0) is 4.74 Å². The number of rotatable bonds is 2. The largest absolute Gasteiger partial charge is 0.443 e. The molecule has 0 atom stereocenters. The molecule has 0 spiro atoms. The Balaban J connectivity index is 2.74. The molecule has 2 aromatic carbocycles. The summed E-state index contributed by atoms with van der Waals surface area (Å²) in [5.41, 5.74) is -1.69. The molecule has 0 saturated carbocycles. The van der Waals surface area contributed by atoms with Crippen molar-refractivity contribution < 1.29 is 22.7 Å². The summed E-state index contributed by atoms with van der Waals surface area (Å²) >= 11 is 0. The molecule has 4 nitrogen and oxygen atoms in total. The average molecular weight is 362 g/mol. The molecule has 0 radical (unpaired) electrons. The quantitative estimate of drug-likeness (QED) is 0.723. The number of anilines is 2. The summed E-state index contributed by atoms with van der Waals surface area (Å²) in [7, 11) is 0. The zero-order chi connectivity index (χ0) is 19.6. The van der Waals surface area contributed by atoms with Crippen LogP contribution in [0.2, 0.25) is 0 Å². The molecule has 2 rings (SSSR count). The van der Waals surface area contributed by atoms with Gasteiger partial charge in [0.2, 0.25) is 0 Å². The second kappa shape index (κ2) is 7.08. The van der Waals surface area contributed by atoms with Crippen molar-refractivity contribution in [3.63, 3.8) is 0 Å². The lowest BCUT2D eigenvalue weighted by molar-refractivity contribution is 0.0598. The molecule has 0 aliphatic carbocycles. The number of carbonyl (C=O) groups is 1. The van der Waals surface area contributed by atoms with Gasteiger partial charge >= 0.3 is 6.09 Å². The van der Waals surface area contributed by atoms with Crippen LogP contribution in [0.1, 0.15) is 31.9 Å². The number of ether oxygens (including phenoxy) is 1. The maximum Gasteiger partial charge on any atom is 0.419 e. The Morgan fingerprint density at radius 2 is 1.73 bits per heavy atom. The SMILES string of the molecule is Cc1ccc(N(C(=O)OC(C)(C)C)c2cc(F)cc(F)c2C#N)c(F)c1. The van der Waals surface area contributed by atoms with Crippen molar-refractivity contribution in [1.82, 2.24) is 0 Å². The lowest BCUT2D eigenvalue weighted by Gasteiger charge is -2.28. The van der Waals surface area contributed by atoms with Gasteiger partial charge in [-0.3, -0.25) is 0 Å². The average Bonchev–Trinajstić information content (AvgIpc) is 2.47. The molecule has 0 fully saturated rings. The van der Waals surface area contributed by atoms with E-state index in [0.29, 0.717) is 16.5 Å². The van der Waals surface area contributed by atoms with Crippen molar-refractivity contribution in [1.29, 1.82) is 5.26 Å². The van der Waals surface area contributed by atoms with Crippen LogP contribution in [0.3, 0.4) is 0 Å². The van der Waals surface area contributed by atoms with Gasteiger partial charge in [-0.05, 0) is 51.5 Å². The number of hydrogen-bond donors (Lipinski definition) is 0. The topological polar surface area (TPSA) is 53.3 Å². The molecule has 136 valence electrons. The number of nitriles is 1. The Bertz CT molecular complexity index is 899. The van der Waals surface area contributed by atoms with Crippen molar-refractivity contribution in [2.45, 2.75) is 33.3 Å². The van der Waals surface area contributed by atoms with Gasteiger partial charge in [0.15, 0.2) is 0 Å². The van der Waals surface area contributed by atoms with Gasteiger partial charge in [0.05, 0.1) is 11.4 Å². The van der Waals surface area contributed by atoms with Crippen molar-refractivity contribution in [2.75, 3.05) is 4.90 Å². The van der Waals surface area contributed by atoms with Gasteiger partial charge in [0.25, 0.3) is 0 Å². The molecule has 1 amide bonds. The van der Waals surface area contributed by atoms with Crippen LogP contribution in [0.4, 0.5) is 29.3 Å². The van der Waals surface area contributed by atoms with Gasteiger partial charge in [-0.25, -0.2) is 22.9 Å². The maximum atomic E-state index is 14.5. The Morgan fingerprint density at radius 3 is 2.27 bits per heavy atom. The summed E-state index contributed by atoms with van der Waals surface area (Å²) in [4.78, 5) is 13.3. The highest BCUT2D eigenvalue weighted by Crippen LogP contribution is 2.34. The molecule has 0 N–H and O–H groups in total. The van der Waals surface area contributed by atoms with E-state index in [1.165, 1.54) is 12.1 Å². The lowest BCUT2D eigenvalue weighted by Crippen LogP contribution is -2.35. The molecule has 0 unspecified atom stereocenters. The van der Waals surface area contributed by atoms with Gasteiger partial charge in [0, 0.05) is 6.07 Å². The highest BCUT2D eigenvalue weighted by atomic mass is 19.1. The van der Waals surface area contributed by atoms with Crippen LogP contribution in [0.25, 0.3) is 0 Å². The summed E-state index contributed by atoms with van der Waals surface area (Å²) in [6, 6.07) is 6.84. The molecule has 7 heteroatoms. The molecule has 0 aliphatic rings. The first-order valence-electron chi connectivity index (χ1n) is 7.72. The molecule has 0 saturated heterocycles. The third-order valence-corrected chi connectivity index (χ3v) is 3.31. The number of hydrogen-bond acceptors (Lipinski definition) is 3. The fourth-order valence-corrected chi connectivity index (χ4v) is 2.27. The number of carbonyl (C=O) groups excluding carboxylic acids is 1. The molecular formula is C19H17F3N2O2. The van der Waals surface area contributed by atoms with E-state index in [2.05, 4.69) is 0 Å². The monoisotopic (exact) mass is 362 g/mol. The third-order valence-electron chi connectivity index (χ3n) is 3.31.